The Labute approximate surface area is 279 Å². The van der Waals surface area contributed by atoms with Gasteiger partial charge in [-0.1, -0.05) is 11.6 Å². The molecule has 1 fully saturated rings. The Kier molecular flexibility index (Phi) is 7.90. The van der Waals surface area contributed by atoms with Gasteiger partial charge in [-0.2, -0.15) is 27.8 Å². The SMILES string of the molecule is Cn1cc(-c2nc3n(CC(=O)Nc4ccc(C(F)(F)F)cc4Cl)c4c(c(=O)n3n2)C2(CCN(C(=O)c3ncccc3O)CC2)OCC4)cn1. The summed E-state index contributed by atoms with van der Waals surface area (Å²) in [5.74, 6) is -1.11. The van der Waals surface area contributed by atoms with E-state index in [4.69, 9.17) is 16.3 Å². The van der Waals surface area contributed by atoms with Crippen LogP contribution in [0.4, 0.5) is 18.9 Å². The molecule has 49 heavy (non-hydrogen) atoms. The minimum absolute atomic E-state index is 0.0288. The van der Waals surface area contributed by atoms with E-state index in [1.807, 2.05) is 0 Å². The molecule has 6 heterocycles. The Morgan fingerprint density at radius 1 is 1.18 bits per heavy atom. The number of piperidine rings is 1. The maximum Gasteiger partial charge on any atom is 0.416 e. The molecule has 2 aliphatic rings. The van der Waals surface area contributed by atoms with Gasteiger partial charge in [0, 0.05) is 44.6 Å². The molecule has 14 nitrogen and oxygen atoms in total. The van der Waals surface area contributed by atoms with E-state index >= 15 is 0 Å². The van der Waals surface area contributed by atoms with E-state index < -0.39 is 41.3 Å². The molecule has 2 amide bonds. The van der Waals surface area contributed by atoms with E-state index in [1.54, 1.807) is 22.5 Å². The first-order chi connectivity index (χ1) is 23.3. The Hall–Kier alpha value is -5.29. The third-order valence-electron chi connectivity index (χ3n) is 8.71. The number of fused-ring (bicyclic) bond motifs is 3. The fourth-order valence-corrected chi connectivity index (χ4v) is 6.59. The molecule has 254 valence electrons. The van der Waals surface area contributed by atoms with Gasteiger partial charge in [-0.05, 0) is 43.2 Å². The number of hydrogen-bond donors (Lipinski definition) is 2. The van der Waals surface area contributed by atoms with Crippen molar-refractivity contribution >= 4 is 34.9 Å². The number of pyridine rings is 1. The molecule has 4 aromatic heterocycles. The number of likely N-dealkylation sites (tertiary alicyclic amines) is 1. The minimum Gasteiger partial charge on any atom is -0.505 e. The zero-order valence-electron chi connectivity index (χ0n) is 25.7. The van der Waals surface area contributed by atoms with Crippen LogP contribution in [0.25, 0.3) is 17.2 Å². The van der Waals surface area contributed by atoms with Crippen molar-refractivity contribution in [1.82, 2.24) is 38.8 Å². The van der Waals surface area contributed by atoms with E-state index in [9.17, 15) is 32.7 Å². The maximum atomic E-state index is 14.3. The van der Waals surface area contributed by atoms with Crippen molar-refractivity contribution in [2.45, 2.75) is 37.6 Å². The van der Waals surface area contributed by atoms with Crippen molar-refractivity contribution in [2.24, 2.45) is 7.05 Å². The molecule has 0 aliphatic carbocycles. The molecule has 1 spiro atoms. The zero-order chi connectivity index (χ0) is 34.7. The summed E-state index contributed by atoms with van der Waals surface area (Å²) in [7, 11) is 1.71. The van der Waals surface area contributed by atoms with Crippen molar-refractivity contribution in [1.29, 1.82) is 0 Å². The van der Waals surface area contributed by atoms with Crippen LogP contribution in [0, 0.1) is 0 Å². The molecule has 2 aliphatic heterocycles. The van der Waals surface area contributed by atoms with Gasteiger partial charge in [-0.3, -0.25) is 19.1 Å². The highest BCUT2D eigenvalue weighted by Crippen LogP contribution is 2.41. The fraction of sp³-hybridized carbons (Fsp3) is 0.323. The van der Waals surface area contributed by atoms with E-state index in [0.717, 1.165) is 22.7 Å². The number of ether oxygens (including phenoxy) is 1. The van der Waals surface area contributed by atoms with Gasteiger partial charge in [0.15, 0.2) is 11.5 Å². The third-order valence-corrected chi connectivity index (χ3v) is 9.02. The Bertz CT molecular complexity index is 2190. The van der Waals surface area contributed by atoms with E-state index in [1.165, 1.54) is 29.4 Å². The Morgan fingerprint density at radius 2 is 1.96 bits per heavy atom. The van der Waals surface area contributed by atoms with Gasteiger partial charge in [0.2, 0.25) is 11.7 Å². The second-order valence-corrected chi connectivity index (χ2v) is 12.2. The number of hydrogen-bond acceptors (Lipinski definition) is 9. The summed E-state index contributed by atoms with van der Waals surface area (Å²) in [6.45, 7) is 0.149. The summed E-state index contributed by atoms with van der Waals surface area (Å²) in [6, 6.07) is 5.49. The average molecular weight is 698 g/mol. The van der Waals surface area contributed by atoms with Crippen molar-refractivity contribution in [3.05, 3.63) is 86.8 Å². The van der Waals surface area contributed by atoms with Crippen molar-refractivity contribution in [2.75, 3.05) is 25.0 Å². The van der Waals surface area contributed by atoms with Gasteiger partial charge in [0.25, 0.3) is 11.5 Å². The largest absolute Gasteiger partial charge is 0.505 e. The van der Waals surface area contributed by atoms with E-state index in [0.29, 0.717) is 11.3 Å². The normalized spacial score (nSPS) is 15.8. The van der Waals surface area contributed by atoms with Crippen LogP contribution in [0.3, 0.4) is 0 Å². The average Bonchev–Trinajstić information content (AvgIpc) is 3.71. The van der Waals surface area contributed by atoms with Gasteiger partial charge in [-0.15, -0.1) is 5.10 Å². The van der Waals surface area contributed by atoms with Crippen LogP contribution < -0.4 is 10.9 Å². The van der Waals surface area contributed by atoms with Gasteiger partial charge in [0.1, 0.15) is 17.9 Å². The number of aryl methyl sites for hydroxylation is 1. The quantitative estimate of drug-likeness (QED) is 0.280. The van der Waals surface area contributed by atoms with Crippen molar-refractivity contribution in [3.63, 3.8) is 0 Å². The molecule has 7 rings (SSSR count). The summed E-state index contributed by atoms with van der Waals surface area (Å²) in [4.78, 5) is 51.1. The molecule has 0 bridgehead atoms. The lowest BCUT2D eigenvalue weighted by Crippen LogP contribution is -2.52. The number of benzene rings is 1. The lowest BCUT2D eigenvalue weighted by molar-refractivity contribution is -0.137. The van der Waals surface area contributed by atoms with Crippen LogP contribution >= 0.6 is 11.6 Å². The standard InChI is InChI=1S/C31H27ClF3N9O5/c1-41-15-17(14-37-41)26-39-29-43(16-23(46)38-20-5-4-18(13-19(20)32)31(33,34)35)21-6-12-49-30(24(21)27(47)44(29)40-26)7-10-42(11-8-30)28(48)25-22(45)3-2-9-36-25/h2-5,9,13-15,45H,6-8,10-12,16H2,1H3,(H,38,46). The monoisotopic (exact) mass is 697 g/mol. The molecular formula is C31H27ClF3N9O5. The number of alkyl halides is 3. The molecular weight excluding hydrogens is 671 g/mol. The molecule has 5 aromatic rings. The first kappa shape index (κ1) is 32.3. The number of carbonyl (C=O) groups excluding carboxylic acids is 2. The van der Waals surface area contributed by atoms with Gasteiger partial charge in [0.05, 0.1) is 40.2 Å². The highest BCUT2D eigenvalue weighted by Gasteiger charge is 2.46. The summed E-state index contributed by atoms with van der Waals surface area (Å²) in [6.07, 6.45) is 0.658. The fourth-order valence-electron chi connectivity index (χ4n) is 6.36. The van der Waals surface area contributed by atoms with Crippen LogP contribution in [-0.4, -0.2) is 75.4 Å². The summed E-state index contributed by atoms with van der Waals surface area (Å²) < 4.78 is 50.1. The summed E-state index contributed by atoms with van der Waals surface area (Å²) in [5.41, 5.74) is -1.46. The van der Waals surface area contributed by atoms with E-state index in [-0.39, 0.29) is 78.3 Å². The number of halogens is 4. The lowest BCUT2D eigenvalue weighted by Gasteiger charge is -2.44. The van der Waals surface area contributed by atoms with Crippen LogP contribution in [0.2, 0.25) is 5.02 Å². The first-order valence-corrected chi connectivity index (χ1v) is 15.5. The van der Waals surface area contributed by atoms with Crippen LogP contribution in [0.1, 0.15) is 40.2 Å². The number of nitrogens with zero attached hydrogens (tertiary/aromatic N) is 8. The number of nitrogens with one attached hydrogen (secondary N) is 1. The number of amides is 2. The second kappa shape index (κ2) is 12.0. The molecule has 18 heteroatoms. The predicted molar refractivity (Wildman–Crippen MR) is 167 cm³/mol. The van der Waals surface area contributed by atoms with Gasteiger partial charge < -0.3 is 24.6 Å². The molecule has 0 unspecified atom stereocenters. The Morgan fingerprint density at radius 3 is 2.63 bits per heavy atom. The lowest BCUT2D eigenvalue weighted by atomic mass is 9.81. The third kappa shape index (κ3) is 5.78. The molecule has 2 N–H and O–H groups in total. The number of aromatic hydroxyl groups is 1. The van der Waals surface area contributed by atoms with Crippen LogP contribution in [-0.2, 0) is 41.3 Å². The smallest absolute Gasteiger partial charge is 0.416 e. The highest BCUT2D eigenvalue weighted by molar-refractivity contribution is 6.33. The predicted octanol–water partition coefficient (Wildman–Crippen LogP) is 3.41. The van der Waals surface area contributed by atoms with Gasteiger partial charge >= 0.3 is 6.18 Å². The topological polar surface area (TPSA) is 162 Å². The molecule has 1 aromatic carbocycles. The number of anilines is 1. The summed E-state index contributed by atoms with van der Waals surface area (Å²) in [5, 5.41) is 21.1. The van der Waals surface area contributed by atoms with E-state index in [2.05, 4.69) is 25.5 Å². The zero-order valence-corrected chi connectivity index (χ0v) is 26.5. The highest BCUT2D eigenvalue weighted by atomic mass is 35.5. The molecule has 0 radical (unpaired) electrons. The van der Waals surface area contributed by atoms with Gasteiger partial charge in [-0.25, -0.2) is 4.98 Å². The number of rotatable bonds is 5. The molecule has 1 saturated heterocycles. The molecule has 0 saturated carbocycles. The van der Waals surface area contributed by atoms with Crippen molar-refractivity contribution < 1.29 is 32.6 Å². The van der Waals surface area contributed by atoms with Crippen molar-refractivity contribution in [3.8, 4) is 17.1 Å². The molecule has 0 atom stereocenters. The van der Waals surface area contributed by atoms with Crippen LogP contribution in [0.15, 0.2) is 53.7 Å². The first-order valence-electron chi connectivity index (χ1n) is 15.1. The minimum atomic E-state index is -4.62. The number of carbonyl (C=O) groups is 2. The maximum absolute atomic E-state index is 14.3. The second-order valence-electron chi connectivity index (χ2n) is 11.8. The number of aromatic nitrogens is 7. The van der Waals surface area contributed by atoms with Crippen LogP contribution in [0.5, 0.6) is 5.75 Å². The summed E-state index contributed by atoms with van der Waals surface area (Å²) >= 11 is 6.11. The Balaban J connectivity index is 1.27.